The lowest BCUT2D eigenvalue weighted by Gasteiger charge is -2.11. The van der Waals surface area contributed by atoms with E-state index in [-0.39, 0.29) is 22.8 Å². The molecule has 0 unspecified atom stereocenters. The van der Waals surface area contributed by atoms with E-state index in [1.807, 2.05) is 0 Å². The zero-order valence-electron chi connectivity index (χ0n) is 13.6. The second kappa shape index (κ2) is 9.91. The molecule has 0 aliphatic rings. The molecular formula is C16H23N3O3S. The Hall–Kier alpha value is -1.99. The highest BCUT2D eigenvalue weighted by molar-refractivity contribution is 7.80. The predicted molar refractivity (Wildman–Crippen MR) is 94.5 cm³/mol. The van der Waals surface area contributed by atoms with Crippen LogP contribution < -0.4 is 16.0 Å². The number of rotatable bonds is 7. The maximum Gasteiger partial charge on any atom is 0.251 e. The molecule has 0 radical (unpaired) electrons. The molecule has 126 valence electrons. The molecule has 1 aromatic rings. The monoisotopic (exact) mass is 337 g/mol. The summed E-state index contributed by atoms with van der Waals surface area (Å²) < 4.78 is 4.92. The van der Waals surface area contributed by atoms with E-state index in [9.17, 15) is 9.59 Å². The van der Waals surface area contributed by atoms with Gasteiger partial charge in [-0.25, -0.2) is 0 Å². The molecule has 1 aromatic carbocycles. The van der Waals surface area contributed by atoms with Gasteiger partial charge in [-0.15, -0.1) is 0 Å². The largest absolute Gasteiger partial charge is 0.385 e. The van der Waals surface area contributed by atoms with Gasteiger partial charge in [-0.2, -0.15) is 0 Å². The van der Waals surface area contributed by atoms with E-state index in [0.29, 0.717) is 24.4 Å². The molecule has 23 heavy (non-hydrogen) atoms. The second-order valence-electron chi connectivity index (χ2n) is 5.28. The molecule has 0 fully saturated rings. The van der Waals surface area contributed by atoms with Gasteiger partial charge in [-0.1, -0.05) is 13.8 Å². The molecule has 0 saturated heterocycles. The lowest BCUT2D eigenvalue weighted by Crippen LogP contribution is -2.36. The average Bonchev–Trinajstić information content (AvgIpc) is 2.51. The zero-order chi connectivity index (χ0) is 17.2. The van der Waals surface area contributed by atoms with Crippen LogP contribution in [-0.2, 0) is 9.53 Å². The smallest absolute Gasteiger partial charge is 0.251 e. The fourth-order valence-corrected chi connectivity index (χ4v) is 1.86. The van der Waals surface area contributed by atoms with Crippen molar-refractivity contribution in [1.29, 1.82) is 0 Å². The summed E-state index contributed by atoms with van der Waals surface area (Å²) in [4.78, 5) is 23.4. The summed E-state index contributed by atoms with van der Waals surface area (Å²) in [6.45, 7) is 4.76. The summed E-state index contributed by atoms with van der Waals surface area (Å²) in [6.07, 6.45) is 0.770. The van der Waals surface area contributed by atoms with Crippen molar-refractivity contribution in [1.82, 2.24) is 10.6 Å². The van der Waals surface area contributed by atoms with Gasteiger partial charge < -0.3 is 20.7 Å². The Kier molecular flexibility index (Phi) is 8.21. The second-order valence-corrected chi connectivity index (χ2v) is 5.69. The topological polar surface area (TPSA) is 79.5 Å². The quantitative estimate of drug-likeness (QED) is 0.523. The Morgan fingerprint density at radius 3 is 2.43 bits per heavy atom. The van der Waals surface area contributed by atoms with E-state index in [0.717, 1.165) is 6.42 Å². The van der Waals surface area contributed by atoms with Gasteiger partial charge in [-0.3, -0.25) is 9.59 Å². The molecule has 0 heterocycles. The van der Waals surface area contributed by atoms with E-state index in [2.05, 4.69) is 16.0 Å². The lowest BCUT2D eigenvalue weighted by molar-refractivity contribution is -0.122. The minimum Gasteiger partial charge on any atom is -0.385 e. The first-order valence-electron chi connectivity index (χ1n) is 7.43. The van der Waals surface area contributed by atoms with Gasteiger partial charge >= 0.3 is 0 Å². The number of thiocarbonyl (C=S) groups is 1. The van der Waals surface area contributed by atoms with Gasteiger partial charge in [0.2, 0.25) is 5.91 Å². The van der Waals surface area contributed by atoms with Gasteiger partial charge in [0.15, 0.2) is 5.11 Å². The maximum absolute atomic E-state index is 11.9. The molecule has 0 aromatic heterocycles. The van der Waals surface area contributed by atoms with E-state index in [1.165, 1.54) is 0 Å². The van der Waals surface area contributed by atoms with Crippen LogP contribution in [0.3, 0.4) is 0 Å². The van der Waals surface area contributed by atoms with Crippen molar-refractivity contribution >= 4 is 34.8 Å². The van der Waals surface area contributed by atoms with Crippen molar-refractivity contribution in [2.45, 2.75) is 20.3 Å². The number of hydrogen-bond acceptors (Lipinski definition) is 4. The molecular weight excluding hydrogens is 314 g/mol. The summed E-state index contributed by atoms with van der Waals surface area (Å²) >= 11 is 5.06. The maximum atomic E-state index is 11.9. The molecule has 7 heteroatoms. The number of carbonyl (C=O) groups is 2. The third-order valence-electron chi connectivity index (χ3n) is 2.98. The van der Waals surface area contributed by atoms with Crippen molar-refractivity contribution in [2.24, 2.45) is 5.92 Å². The summed E-state index contributed by atoms with van der Waals surface area (Å²) in [5.74, 6) is -0.420. The van der Waals surface area contributed by atoms with Crippen LogP contribution in [0.2, 0.25) is 0 Å². The van der Waals surface area contributed by atoms with E-state index in [1.54, 1.807) is 45.2 Å². The molecule has 0 aliphatic carbocycles. The molecule has 0 spiro atoms. The minimum atomic E-state index is -0.144. The van der Waals surface area contributed by atoms with Gasteiger partial charge in [0.05, 0.1) is 0 Å². The highest BCUT2D eigenvalue weighted by Crippen LogP contribution is 2.09. The van der Waals surface area contributed by atoms with Crippen molar-refractivity contribution in [2.75, 3.05) is 25.6 Å². The third-order valence-corrected chi connectivity index (χ3v) is 3.18. The Morgan fingerprint density at radius 1 is 1.22 bits per heavy atom. The number of amides is 2. The number of benzene rings is 1. The van der Waals surface area contributed by atoms with Crippen LogP contribution >= 0.6 is 12.2 Å². The van der Waals surface area contributed by atoms with Crippen molar-refractivity contribution in [3.05, 3.63) is 29.8 Å². The number of hydrogen-bond donors (Lipinski definition) is 3. The molecule has 0 bridgehead atoms. The van der Waals surface area contributed by atoms with Crippen molar-refractivity contribution in [3.8, 4) is 0 Å². The molecule has 6 nitrogen and oxygen atoms in total. The molecule has 0 saturated carbocycles. The van der Waals surface area contributed by atoms with Crippen LogP contribution in [0.25, 0.3) is 0 Å². The van der Waals surface area contributed by atoms with Crippen LogP contribution in [-0.4, -0.2) is 37.2 Å². The molecule has 0 atom stereocenters. The third kappa shape index (κ3) is 7.21. The number of nitrogens with one attached hydrogen (secondary N) is 3. The number of ether oxygens (including phenoxy) is 1. The van der Waals surface area contributed by atoms with Crippen molar-refractivity contribution in [3.63, 3.8) is 0 Å². The van der Waals surface area contributed by atoms with Crippen molar-refractivity contribution < 1.29 is 14.3 Å². The van der Waals surface area contributed by atoms with Crippen LogP contribution in [0.1, 0.15) is 30.6 Å². The minimum absolute atomic E-state index is 0.136. The van der Waals surface area contributed by atoms with E-state index >= 15 is 0 Å². The first-order chi connectivity index (χ1) is 10.9. The normalized spacial score (nSPS) is 10.3. The first kappa shape index (κ1) is 19.1. The van der Waals surface area contributed by atoms with E-state index in [4.69, 9.17) is 17.0 Å². The summed E-state index contributed by atoms with van der Waals surface area (Å²) in [5, 5.41) is 8.55. The number of anilines is 1. The molecule has 3 N–H and O–H groups in total. The van der Waals surface area contributed by atoms with Crippen LogP contribution in [0.5, 0.6) is 0 Å². The van der Waals surface area contributed by atoms with Gasteiger partial charge in [0.1, 0.15) is 0 Å². The van der Waals surface area contributed by atoms with Crippen LogP contribution in [0, 0.1) is 5.92 Å². The zero-order valence-corrected chi connectivity index (χ0v) is 14.5. The molecule has 0 aliphatic heterocycles. The Bertz CT molecular complexity index is 544. The van der Waals surface area contributed by atoms with Gasteiger partial charge in [0.25, 0.3) is 5.91 Å². The van der Waals surface area contributed by atoms with Crippen LogP contribution in [0.15, 0.2) is 24.3 Å². The summed E-state index contributed by atoms with van der Waals surface area (Å²) in [7, 11) is 1.63. The first-order valence-corrected chi connectivity index (χ1v) is 7.84. The number of methoxy groups -OCH3 is 1. The fraction of sp³-hybridized carbons (Fsp3) is 0.438. The average molecular weight is 337 g/mol. The SMILES string of the molecule is COCCCNC(=O)c1ccc(NC(=S)NC(=O)C(C)C)cc1. The van der Waals surface area contributed by atoms with Gasteiger partial charge in [-0.05, 0) is 42.9 Å². The van der Waals surface area contributed by atoms with Gasteiger partial charge in [0, 0.05) is 37.4 Å². The predicted octanol–water partition coefficient (Wildman–Crippen LogP) is 1.92. The Balaban J connectivity index is 2.48. The lowest BCUT2D eigenvalue weighted by atomic mass is 10.2. The van der Waals surface area contributed by atoms with E-state index < -0.39 is 0 Å². The molecule has 2 amide bonds. The molecule has 1 rings (SSSR count). The fourth-order valence-electron chi connectivity index (χ4n) is 1.64. The Labute approximate surface area is 142 Å². The number of carbonyl (C=O) groups excluding carboxylic acids is 2. The summed E-state index contributed by atoms with van der Waals surface area (Å²) in [5.41, 5.74) is 1.26. The van der Waals surface area contributed by atoms with Crippen LogP contribution in [0.4, 0.5) is 5.69 Å². The standard InChI is InChI=1S/C16H23N3O3S/c1-11(2)14(20)19-16(23)18-13-7-5-12(6-8-13)15(21)17-9-4-10-22-3/h5-8,11H,4,9-10H2,1-3H3,(H,17,21)(H2,18,19,20,23). The summed E-state index contributed by atoms with van der Waals surface area (Å²) in [6, 6.07) is 6.86. The highest BCUT2D eigenvalue weighted by atomic mass is 32.1. The highest BCUT2D eigenvalue weighted by Gasteiger charge is 2.09. The Morgan fingerprint density at radius 2 is 1.87 bits per heavy atom.